The molecule has 2 rings (SSSR count). The summed E-state index contributed by atoms with van der Waals surface area (Å²) < 4.78 is 33.8. The zero-order valence-electron chi connectivity index (χ0n) is 12.1. The molecule has 2 aromatic rings. The van der Waals surface area contributed by atoms with Crippen LogP contribution in [0, 0.1) is 6.92 Å². The second kappa shape index (κ2) is 6.89. The SMILES string of the molecule is COc1cc(C(=O)Nc2ccccc2C)ccc1OC(F)F. The first-order chi connectivity index (χ1) is 10.5. The van der Waals surface area contributed by atoms with Crippen LogP contribution in [0.5, 0.6) is 11.5 Å². The van der Waals surface area contributed by atoms with Crippen molar-refractivity contribution in [3.8, 4) is 11.5 Å². The number of halogens is 2. The first-order valence-corrected chi connectivity index (χ1v) is 6.51. The molecule has 0 aliphatic carbocycles. The molecule has 0 saturated heterocycles. The standard InChI is InChI=1S/C16H15F2NO3/c1-10-5-3-4-6-12(10)19-15(20)11-7-8-13(22-16(17)18)14(9-11)21-2/h3-9,16H,1-2H3,(H,19,20). The van der Waals surface area contributed by atoms with Gasteiger partial charge in [-0.3, -0.25) is 4.79 Å². The van der Waals surface area contributed by atoms with Gasteiger partial charge in [0.05, 0.1) is 7.11 Å². The average molecular weight is 307 g/mol. The van der Waals surface area contributed by atoms with Gasteiger partial charge in [0.2, 0.25) is 0 Å². The molecule has 0 saturated carbocycles. The number of benzene rings is 2. The van der Waals surface area contributed by atoms with Crippen LogP contribution in [0.2, 0.25) is 0 Å². The second-order valence-electron chi connectivity index (χ2n) is 4.51. The van der Waals surface area contributed by atoms with Crippen LogP contribution in [0.1, 0.15) is 15.9 Å². The van der Waals surface area contributed by atoms with Crippen LogP contribution >= 0.6 is 0 Å². The first-order valence-electron chi connectivity index (χ1n) is 6.51. The summed E-state index contributed by atoms with van der Waals surface area (Å²) in [7, 11) is 1.32. The Bertz CT molecular complexity index is 674. The van der Waals surface area contributed by atoms with E-state index >= 15 is 0 Å². The summed E-state index contributed by atoms with van der Waals surface area (Å²) in [5, 5.41) is 2.75. The molecule has 2 aromatic carbocycles. The van der Waals surface area contributed by atoms with E-state index < -0.39 is 6.61 Å². The van der Waals surface area contributed by atoms with Crippen LogP contribution in [0.25, 0.3) is 0 Å². The molecule has 1 N–H and O–H groups in total. The number of methoxy groups -OCH3 is 1. The van der Waals surface area contributed by atoms with Crippen LogP contribution in [0.3, 0.4) is 0 Å². The number of aryl methyl sites for hydroxylation is 1. The van der Waals surface area contributed by atoms with Gasteiger partial charge in [-0.2, -0.15) is 8.78 Å². The fourth-order valence-corrected chi connectivity index (χ4v) is 1.91. The quantitative estimate of drug-likeness (QED) is 0.912. The largest absolute Gasteiger partial charge is 0.493 e. The number of anilines is 1. The number of alkyl halides is 2. The Kier molecular flexibility index (Phi) is 4.93. The number of carbonyl (C=O) groups is 1. The van der Waals surface area contributed by atoms with E-state index in [2.05, 4.69) is 10.1 Å². The lowest BCUT2D eigenvalue weighted by Gasteiger charge is -2.12. The van der Waals surface area contributed by atoms with E-state index in [1.165, 1.54) is 25.3 Å². The van der Waals surface area contributed by atoms with Crippen molar-refractivity contribution < 1.29 is 23.0 Å². The Balaban J connectivity index is 2.21. The molecule has 0 bridgehead atoms. The van der Waals surface area contributed by atoms with E-state index in [0.29, 0.717) is 5.69 Å². The number of para-hydroxylation sites is 1. The van der Waals surface area contributed by atoms with Crippen molar-refractivity contribution in [1.82, 2.24) is 0 Å². The predicted octanol–water partition coefficient (Wildman–Crippen LogP) is 3.86. The Morgan fingerprint density at radius 3 is 2.50 bits per heavy atom. The molecule has 0 aliphatic rings. The van der Waals surface area contributed by atoms with E-state index in [1.807, 2.05) is 25.1 Å². The summed E-state index contributed by atoms with van der Waals surface area (Å²) in [4.78, 5) is 12.2. The minimum atomic E-state index is -2.96. The highest BCUT2D eigenvalue weighted by Crippen LogP contribution is 2.29. The number of nitrogens with one attached hydrogen (secondary N) is 1. The maximum absolute atomic E-state index is 12.3. The van der Waals surface area contributed by atoms with E-state index in [0.717, 1.165) is 5.56 Å². The summed E-state index contributed by atoms with van der Waals surface area (Å²) >= 11 is 0. The Hall–Kier alpha value is -2.63. The topological polar surface area (TPSA) is 47.6 Å². The minimum Gasteiger partial charge on any atom is -0.493 e. The van der Waals surface area contributed by atoms with Gasteiger partial charge in [0.1, 0.15) is 0 Å². The van der Waals surface area contributed by atoms with Crippen LogP contribution in [-0.4, -0.2) is 19.6 Å². The molecule has 0 radical (unpaired) electrons. The third-order valence-corrected chi connectivity index (χ3v) is 3.04. The Morgan fingerprint density at radius 1 is 1.14 bits per heavy atom. The molecule has 0 fully saturated rings. The highest BCUT2D eigenvalue weighted by Gasteiger charge is 2.14. The van der Waals surface area contributed by atoms with Crippen molar-refractivity contribution in [2.24, 2.45) is 0 Å². The van der Waals surface area contributed by atoms with Crippen molar-refractivity contribution in [3.05, 3.63) is 53.6 Å². The van der Waals surface area contributed by atoms with E-state index in [9.17, 15) is 13.6 Å². The van der Waals surface area contributed by atoms with E-state index in [1.54, 1.807) is 6.07 Å². The van der Waals surface area contributed by atoms with Crippen molar-refractivity contribution >= 4 is 11.6 Å². The molecule has 6 heteroatoms. The summed E-state index contributed by atoms with van der Waals surface area (Å²) in [5.74, 6) is -0.418. The number of hydrogen-bond donors (Lipinski definition) is 1. The van der Waals surface area contributed by atoms with Gasteiger partial charge in [-0.1, -0.05) is 18.2 Å². The zero-order chi connectivity index (χ0) is 16.1. The van der Waals surface area contributed by atoms with Crippen molar-refractivity contribution in [2.75, 3.05) is 12.4 Å². The molecule has 0 aromatic heterocycles. The minimum absolute atomic E-state index is 0.0673. The second-order valence-corrected chi connectivity index (χ2v) is 4.51. The van der Waals surface area contributed by atoms with Gasteiger partial charge in [-0.25, -0.2) is 0 Å². The normalized spacial score (nSPS) is 10.4. The molecule has 116 valence electrons. The third-order valence-electron chi connectivity index (χ3n) is 3.04. The van der Waals surface area contributed by atoms with Crippen LogP contribution in [0.4, 0.5) is 14.5 Å². The molecule has 4 nitrogen and oxygen atoms in total. The molecule has 0 aliphatic heterocycles. The fraction of sp³-hybridized carbons (Fsp3) is 0.188. The van der Waals surface area contributed by atoms with Crippen LogP contribution < -0.4 is 14.8 Å². The van der Waals surface area contributed by atoms with Crippen molar-refractivity contribution in [3.63, 3.8) is 0 Å². The maximum Gasteiger partial charge on any atom is 0.387 e. The highest BCUT2D eigenvalue weighted by molar-refractivity contribution is 6.05. The van der Waals surface area contributed by atoms with Gasteiger partial charge in [0.15, 0.2) is 11.5 Å². The van der Waals surface area contributed by atoms with Gasteiger partial charge in [0.25, 0.3) is 5.91 Å². The van der Waals surface area contributed by atoms with Gasteiger partial charge in [-0.15, -0.1) is 0 Å². The number of amides is 1. The number of hydrogen-bond acceptors (Lipinski definition) is 3. The molecule has 22 heavy (non-hydrogen) atoms. The predicted molar refractivity (Wildman–Crippen MR) is 78.8 cm³/mol. The molecule has 0 heterocycles. The van der Waals surface area contributed by atoms with Gasteiger partial charge >= 0.3 is 6.61 Å². The summed E-state index contributed by atoms with van der Waals surface area (Å²) in [6, 6.07) is 11.3. The van der Waals surface area contributed by atoms with Crippen LogP contribution in [-0.2, 0) is 0 Å². The zero-order valence-corrected chi connectivity index (χ0v) is 12.1. The van der Waals surface area contributed by atoms with Gasteiger partial charge in [-0.05, 0) is 36.8 Å². The Labute approximate surface area is 126 Å². The lowest BCUT2D eigenvalue weighted by Crippen LogP contribution is -2.13. The molecular weight excluding hydrogens is 292 g/mol. The summed E-state index contributed by atoms with van der Waals surface area (Å²) in [5.41, 5.74) is 1.88. The van der Waals surface area contributed by atoms with E-state index in [-0.39, 0.29) is 23.0 Å². The number of rotatable bonds is 5. The third kappa shape index (κ3) is 3.72. The number of ether oxygens (including phenoxy) is 2. The number of carbonyl (C=O) groups excluding carboxylic acids is 1. The molecule has 0 atom stereocenters. The van der Waals surface area contributed by atoms with Crippen LogP contribution in [0.15, 0.2) is 42.5 Å². The van der Waals surface area contributed by atoms with Crippen molar-refractivity contribution in [1.29, 1.82) is 0 Å². The maximum atomic E-state index is 12.3. The monoisotopic (exact) mass is 307 g/mol. The Morgan fingerprint density at radius 2 is 1.86 bits per heavy atom. The smallest absolute Gasteiger partial charge is 0.387 e. The molecule has 1 amide bonds. The van der Waals surface area contributed by atoms with Crippen molar-refractivity contribution in [2.45, 2.75) is 13.5 Å². The lowest BCUT2D eigenvalue weighted by atomic mass is 10.1. The molecule has 0 unspecified atom stereocenters. The fourth-order valence-electron chi connectivity index (χ4n) is 1.91. The molecule has 0 spiro atoms. The molecular formula is C16H15F2NO3. The van der Waals surface area contributed by atoms with Gasteiger partial charge in [0, 0.05) is 11.3 Å². The first kappa shape index (κ1) is 15.8. The average Bonchev–Trinajstić information content (AvgIpc) is 2.49. The van der Waals surface area contributed by atoms with Gasteiger partial charge < -0.3 is 14.8 Å². The summed E-state index contributed by atoms with van der Waals surface area (Å²) in [6.07, 6.45) is 0. The summed E-state index contributed by atoms with van der Waals surface area (Å²) in [6.45, 7) is -1.09. The highest BCUT2D eigenvalue weighted by atomic mass is 19.3. The lowest BCUT2D eigenvalue weighted by molar-refractivity contribution is -0.0512. The van der Waals surface area contributed by atoms with E-state index in [4.69, 9.17) is 4.74 Å².